The Kier molecular flexibility index (Phi) is 1.86. The number of nitrogens with one attached hydrogen (secondary N) is 1. The number of imidazole rings is 1. The standard InChI is InChI=1S/C8H13N3O/c1-6-2-9-8(10-6)5-11-3-7(12)4-11/h2,7,12H,3-5H2,1H3,(H,9,10). The van der Waals surface area contributed by atoms with E-state index in [-0.39, 0.29) is 6.10 Å². The highest BCUT2D eigenvalue weighted by molar-refractivity contribution is 4.99. The third-order valence-electron chi connectivity index (χ3n) is 2.07. The molecule has 4 heteroatoms. The molecule has 0 radical (unpaired) electrons. The molecular weight excluding hydrogens is 154 g/mol. The number of H-pyrrole nitrogens is 1. The van der Waals surface area contributed by atoms with Crippen molar-refractivity contribution in [1.82, 2.24) is 14.9 Å². The van der Waals surface area contributed by atoms with Crippen LogP contribution in [-0.4, -0.2) is 39.2 Å². The Morgan fingerprint density at radius 2 is 2.50 bits per heavy atom. The summed E-state index contributed by atoms with van der Waals surface area (Å²) in [4.78, 5) is 9.50. The van der Waals surface area contributed by atoms with E-state index in [1.54, 1.807) is 0 Å². The van der Waals surface area contributed by atoms with Crippen molar-refractivity contribution >= 4 is 0 Å². The number of aryl methyl sites for hydroxylation is 1. The summed E-state index contributed by atoms with van der Waals surface area (Å²) in [6, 6.07) is 0. The van der Waals surface area contributed by atoms with Crippen LogP contribution in [0.5, 0.6) is 0 Å². The maximum Gasteiger partial charge on any atom is 0.120 e. The van der Waals surface area contributed by atoms with Crippen LogP contribution in [0.3, 0.4) is 0 Å². The SMILES string of the molecule is Cc1cnc(CN2CC(O)C2)[nH]1. The van der Waals surface area contributed by atoms with Crippen LogP contribution in [-0.2, 0) is 6.54 Å². The Hall–Kier alpha value is -0.870. The first-order chi connectivity index (χ1) is 5.74. The summed E-state index contributed by atoms with van der Waals surface area (Å²) in [6.45, 7) is 4.37. The van der Waals surface area contributed by atoms with Crippen molar-refractivity contribution in [2.45, 2.75) is 19.6 Å². The Morgan fingerprint density at radius 1 is 1.75 bits per heavy atom. The molecule has 0 amide bonds. The first-order valence-electron chi connectivity index (χ1n) is 4.15. The molecule has 1 aliphatic heterocycles. The molecule has 0 aliphatic carbocycles. The highest BCUT2D eigenvalue weighted by Gasteiger charge is 2.24. The van der Waals surface area contributed by atoms with E-state index in [2.05, 4.69) is 14.9 Å². The van der Waals surface area contributed by atoms with E-state index in [0.717, 1.165) is 31.2 Å². The van der Waals surface area contributed by atoms with Gasteiger partial charge in [0.1, 0.15) is 5.82 Å². The lowest BCUT2D eigenvalue weighted by Gasteiger charge is -2.34. The first kappa shape index (κ1) is 7.76. The number of hydrogen-bond acceptors (Lipinski definition) is 3. The monoisotopic (exact) mass is 167 g/mol. The predicted molar refractivity (Wildman–Crippen MR) is 44.6 cm³/mol. The first-order valence-corrected chi connectivity index (χ1v) is 4.15. The third kappa shape index (κ3) is 1.49. The fraction of sp³-hybridized carbons (Fsp3) is 0.625. The van der Waals surface area contributed by atoms with E-state index in [9.17, 15) is 0 Å². The van der Waals surface area contributed by atoms with Gasteiger partial charge < -0.3 is 10.1 Å². The van der Waals surface area contributed by atoms with Gasteiger partial charge in [-0.05, 0) is 6.92 Å². The zero-order chi connectivity index (χ0) is 8.55. The number of rotatable bonds is 2. The lowest BCUT2D eigenvalue weighted by molar-refractivity contribution is -0.00415. The van der Waals surface area contributed by atoms with Gasteiger partial charge in [-0.3, -0.25) is 4.90 Å². The van der Waals surface area contributed by atoms with E-state index in [0.29, 0.717) is 0 Å². The normalized spacial score (nSPS) is 19.5. The van der Waals surface area contributed by atoms with Crippen molar-refractivity contribution in [2.75, 3.05) is 13.1 Å². The molecule has 1 fully saturated rings. The van der Waals surface area contributed by atoms with Crippen LogP contribution in [0.4, 0.5) is 0 Å². The summed E-state index contributed by atoms with van der Waals surface area (Å²) in [5, 5.41) is 9.03. The van der Waals surface area contributed by atoms with Gasteiger partial charge in [-0.15, -0.1) is 0 Å². The van der Waals surface area contributed by atoms with Crippen molar-refractivity contribution in [3.8, 4) is 0 Å². The molecule has 1 aliphatic rings. The molecule has 4 nitrogen and oxygen atoms in total. The zero-order valence-electron chi connectivity index (χ0n) is 7.12. The molecule has 1 saturated heterocycles. The predicted octanol–water partition coefficient (Wildman–Crippen LogP) is -0.105. The third-order valence-corrected chi connectivity index (χ3v) is 2.07. The molecule has 0 saturated carbocycles. The molecule has 1 aromatic heterocycles. The molecule has 0 bridgehead atoms. The fourth-order valence-electron chi connectivity index (χ4n) is 1.43. The minimum atomic E-state index is -0.124. The van der Waals surface area contributed by atoms with Gasteiger partial charge >= 0.3 is 0 Å². The lowest BCUT2D eigenvalue weighted by atomic mass is 10.2. The van der Waals surface area contributed by atoms with Crippen LogP contribution < -0.4 is 0 Å². The summed E-state index contributed by atoms with van der Waals surface area (Å²) >= 11 is 0. The van der Waals surface area contributed by atoms with Crippen LogP contribution in [0, 0.1) is 6.92 Å². The number of aromatic nitrogens is 2. The van der Waals surface area contributed by atoms with Crippen molar-refractivity contribution < 1.29 is 5.11 Å². The molecule has 0 atom stereocenters. The molecule has 0 aromatic carbocycles. The van der Waals surface area contributed by atoms with Crippen molar-refractivity contribution in [3.63, 3.8) is 0 Å². The van der Waals surface area contributed by atoms with Crippen LogP contribution in [0.15, 0.2) is 6.20 Å². The Balaban J connectivity index is 1.88. The molecule has 2 heterocycles. The average molecular weight is 167 g/mol. The van der Waals surface area contributed by atoms with Gasteiger partial charge in [0.25, 0.3) is 0 Å². The second-order valence-electron chi connectivity index (χ2n) is 3.36. The molecule has 0 spiro atoms. The van der Waals surface area contributed by atoms with E-state index < -0.39 is 0 Å². The van der Waals surface area contributed by atoms with Gasteiger partial charge in [-0.25, -0.2) is 4.98 Å². The number of likely N-dealkylation sites (tertiary alicyclic amines) is 1. The highest BCUT2D eigenvalue weighted by atomic mass is 16.3. The zero-order valence-corrected chi connectivity index (χ0v) is 7.12. The Labute approximate surface area is 71.2 Å². The Morgan fingerprint density at radius 3 is 3.00 bits per heavy atom. The van der Waals surface area contributed by atoms with Crippen LogP contribution in [0.1, 0.15) is 11.5 Å². The highest BCUT2D eigenvalue weighted by Crippen LogP contribution is 2.10. The summed E-state index contributed by atoms with van der Waals surface area (Å²) in [5.74, 6) is 0.986. The number of aliphatic hydroxyl groups is 1. The van der Waals surface area contributed by atoms with Crippen molar-refractivity contribution in [1.29, 1.82) is 0 Å². The largest absolute Gasteiger partial charge is 0.390 e. The average Bonchev–Trinajstić information content (AvgIpc) is 2.33. The number of hydrogen-bond donors (Lipinski definition) is 2. The Bertz CT molecular complexity index is 265. The van der Waals surface area contributed by atoms with Crippen molar-refractivity contribution in [2.24, 2.45) is 0 Å². The number of aliphatic hydroxyl groups excluding tert-OH is 1. The number of aromatic amines is 1. The van der Waals surface area contributed by atoms with Gasteiger partial charge in [-0.2, -0.15) is 0 Å². The maximum atomic E-state index is 9.03. The molecule has 66 valence electrons. The maximum absolute atomic E-state index is 9.03. The molecule has 2 N–H and O–H groups in total. The summed E-state index contributed by atoms with van der Waals surface area (Å²) in [5.41, 5.74) is 1.09. The minimum Gasteiger partial charge on any atom is -0.390 e. The topological polar surface area (TPSA) is 52.1 Å². The number of nitrogens with zero attached hydrogens (tertiary/aromatic N) is 2. The molecule has 12 heavy (non-hydrogen) atoms. The fourth-order valence-corrected chi connectivity index (χ4v) is 1.43. The summed E-state index contributed by atoms with van der Waals surface area (Å²) < 4.78 is 0. The van der Waals surface area contributed by atoms with E-state index in [4.69, 9.17) is 5.11 Å². The van der Waals surface area contributed by atoms with Gasteiger partial charge in [-0.1, -0.05) is 0 Å². The summed E-state index contributed by atoms with van der Waals surface area (Å²) in [7, 11) is 0. The van der Waals surface area contributed by atoms with E-state index >= 15 is 0 Å². The summed E-state index contributed by atoms with van der Waals surface area (Å²) in [6.07, 6.45) is 1.70. The molecule has 1 aromatic rings. The van der Waals surface area contributed by atoms with E-state index in [1.165, 1.54) is 0 Å². The second kappa shape index (κ2) is 2.88. The van der Waals surface area contributed by atoms with Gasteiger partial charge in [0.2, 0.25) is 0 Å². The van der Waals surface area contributed by atoms with E-state index in [1.807, 2.05) is 13.1 Å². The number of β-amino-alcohol motifs (C(OH)–C–C–N with tert-alkyl or cyclic N) is 1. The van der Waals surface area contributed by atoms with Gasteiger partial charge in [0.05, 0.1) is 12.6 Å². The van der Waals surface area contributed by atoms with Crippen molar-refractivity contribution in [3.05, 3.63) is 17.7 Å². The molecule has 2 rings (SSSR count). The smallest absolute Gasteiger partial charge is 0.120 e. The lowest BCUT2D eigenvalue weighted by Crippen LogP contribution is -2.49. The molecular formula is C8H13N3O. The molecule has 0 unspecified atom stereocenters. The van der Waals surface area contributed by atoms with Gasteiger partial charge in [0.15, 0.2) is 0 Å². The van der Waals surface area contributed by atoms with Crippen LogP contribution in [0.25, 0.3) is 0 Å². The van der Waals surface area contributed by atoms with Crippen LogP contribution in [0.2, 0.25) is 0 Å². The quantitative estimate of drug-likeness (QED) is 0.646. The minimum absolute atomic E-state index is 0.124. The second-order valence-corrected chi connectivity index (χ2v) is 3.36. The van der Waals surface area contributed by atoms with Gasteiger partial charge in [0, 0.05) is 25.0 Å². The van der Waals surface area contributed by atoms with Crippen LogP contribution >= 0.6 is 0 Å².